The van der Waals surface area contributed by atoms with Crippen LogP contribution in [0.25, 0.3) is 0 Å². The monoisotopic (exact) mass is 425 g/mol. The number of anilines is 1. The van der Waals surface area contributed by atoms with Gasteiger partial charge >= 0.3 is 0 Å². The van der Waals surface area contributed by atoms with E-state index in [1.54, 1.807) is 7.11 Å². The van der Waals surface area contributed by atoms with E-state index in [9.17, 15) is 0 Å². The molecule has 2 aromatic carbocycles. The second kappa shape index (κ2) is 10.8. The van der Waals surface area contributed by atoms with Crippen LogP contribution >= 0.6 is 0 Å². The number of methoxy groups -OCH3 is 1. The Balaban J connectivity index is 1.30. The van der Waals surface area contributed by atoms with Crippen molar-refractivity contribution >= 4 is 5.69 Å². The smallest absolute Gasteiger partial charge is 0.123 e. The SMILES string of the molecule is COc1ccc(N2CCN([C@@H]3CCCN(Cc4ccccc4OCCO)C3)CC2)cc1. The summed E-state index contributed by atoms with van der Waals surface area (Å²) in [7, 11) is 1.71. The summed E-state index contributed by atoms with van der Waals surface area (Å²) in [4.78, 5) is 7.72. The molecule has 0 amide bonds. The van der Waals surface area contributed by atoms with Crippen molar-refractivity contribution in [2.75, 3.05) is 64.5 Å². The van der Waals surface area contributed by atoms with E-state index in [0.717, 1.165) is 57.3 Å². The molecule has 0 aliphatic carbocycles. The molecule has 31 heavy (non-hydrogen) atoms. The lowest BCUT2D eigenvalue weighted by molar-refractivity contribution is 0.0880. The Bertz CT molecular complexity index is 806. The summed E-state index contributed by atoms with van der Waals surface area (Å²) in [5.74, 6) is 1.81. The van der Waals surface area contributed by atoms with Gasteiger partial charge in [-0.15, -0.1) is 0 Å². The molecule has 0 radical (unpaired) electrons. The van der Waals surface area contributed by atoms with Gasteiger partial charge in [0.25, 0.3) is 0 Å². The third-order valence-corrected chi connectivity index (χ3v) is 6.46. The molecule has 2 heterocycles. The molecule has 0 unspecified atom stereocenters. The fourth-order valence-corrected chi connectivity index (χ4v) is 4.78. The third-order valence-electron chi connectivity index (χ3n) is 6.46. The molecular weight excluding hydrogens is 390 g/mol. The number of likely N-dealkylation sites (tertiary alicyclic amines) is 1. The number of nitrogens with zero attached hydrogens (tertiary/aromatic N) is 3. The van der Waals surface area contributed by atoms with Gasteiger partial charge in [-0.3, -0.25) is 9.80 Å². The quantitative estimate of drug-likeness (QED) is 0.702. The van der Waals surface area contributed by atoms with Gasteiger partial charge in [0.15, 0.2) is 0 Å². The van der Waals surface area contributed by atoms with Gasteiger partial charge in [0, 0.05) is 56.6 Å². The van der Waals surface area contributed by atoms with E-state index in [1.807, 2.05) is 24.3 Å². The highest BCUT2D eigenvalue weighted by atomic mass is 16.5. The predicted molar refractivity (Wildman–Crippen MR) is 124 cm³/mol. The summed E-state index contributed by atoms with van der Waals surface area (Å²) < 4.78 is 11.0. The highest BCUT2D eigenvalue weighted by molar-refractivity contribution is 5.49. The molecule has 2 aliphatic heterocycles. The van der Waals surface area contributed by atoms with Crippen LogP contribution in [-0.2, 0) is 6.54 Å². The molecule has 0 spiro atoms. The number of aliphatic hydroxyl groups excluding tert-OH is 1. The van der Waals surface area contributed by atoms with E-state index in [-0.39, 0.29) is 6.61 Å². The Morgan fingerprint density at radius 1 is 0.968 bits per heavy atom. The summed E-state index contributed by atoms with van der Waals surface area (Å²) in [6.45, 7) is 7.90. The number of piperidine rings is 1. The Morgan fingerprint density at radius 3 is 2.48 bits per heavy atom. The molecule has 6 nitrogen and oxygen atoms in total. The van der Waals surface area contributed by atoms with Crippen molar-refractivity contribution in [3.63, 3.8) is 0 Å². The van der Waals surface area contributed by atoms with Gasteiger partial charge in [0.1, 0.15) is 18.1 Å². The Kier molecular flexibility index (Phi) is 7.67. The van der Waals surface area contributed by atoms with Gasteiger partial charge in [-0.2, -0.15) is 0 Å². The van der Waals surface area contributed by atoms with Crippen LogP contribution in [0.15, 0.2) is 48.5 Å². The zero-order valence-electron chi connectivity index (χ0n) is 18.6. The lowest BCUT2D eigenvalue weighted by Crippen LogP contribution is -2.55. The van der Waals surface area contributed by atoms with Crippen LogP contribution in [0.2, 0.25) is 0 Å². The van der Waals surface area contributed by atoms with E-state index in [2.05, 4.69) is 39.0 Å². The Hall–Kier alpha value is -2.28. The van der Waals surface area contributed by atoms with Crippen LogP contribution in [-0.4, -0.2) is 80.5 Å². The molecule has 6 heteroatoms. The number of aliphatic hydroxyl groups is 1. The van der Waals surface area contributed by atoms with Gasteiger partial charge in [-0.1, -0.05) is 18.2 Å². The maximum absolute atomic E-state index is 9.08. The van der Waals surface area contributed by atoms with Gasteiger partial charge < -0.3 is 19.5 Å². The zero-order chi connectivity index (χ0) is 21.5. The minimum Gasteiger partial charge on any atom is -0.497 e. The molecule has 0 bridgehead atoms. The molecule has 2 aliphatic rings. The maximum atomic E-state index is 9.08. The fourth-order valence-electron chi connectivity index (χ4n) is 4.78. The number of rotatable bonds is 8. The minimum atomic E-state index is 0.0443. The number of piperazine rings is 1. The normalized spacial score (nSPS) is 20.6. The van der Waals surface area contributed by atoms with Gasteiger partial charge in [0.05, 0.1) is 13.7 Å². The maximum Gasteiger partial charge on any atom is 0.123 e. The fraction of sp³-hybridized carbons (Fsp3) is 0.520. The highest BCUT2D eigenvalue weighted by Gasteiger charge is 2.28. The molecule has 1 atom stereocenters. The molecule has 2 saturated heterocycles. The van der Waals surface area contributed by atoms with Crippen LogP contribution in [0.4, 0.5) is 5.69 Å². The molecule has 4 rings (SSSR count). The number of ether oxygens (including phenoxy) is 2. The van der Waals surface area contributed by atoms with Crippen LogP contribution in [0.1, 0.15) is 18.4 Å². The van der Waals surface area contributed by atoms with Crippen LogP contribution in [0.5, 0.6) is 11.5 Å². The van der Waals surface area contributed by atoms with Crippen molar-refractivity contribution in [2.45, 2.75) is 25.4 Å². The zero-order valence-corrected chi connectivity index (χ0v) is 18.6. The lowest BCUT2D eigenvalue weighted by atomic mass is 10.0. The standard InChI is InChI=1S/C25H35N3O3/c1-30-24-10-8-22(9-11-24)27-13-15-28(16-14-27)23-6-4-12-26(20-23)19-21-5-2-3-7-25(21)31-18-17-29/h2-3,5,7-11,23,29H,4,6,12-20H2,1H3/t23-/m1/s1. The Morgan fingerprint density at radius 2 is 1.74 bits per heavy atom. The van der Waals surface area contributed by atoms with E-state index in [4.69, 9.17) is 14.6 Å². The molecule has 168 valence electrons. The summed E-state index contributed by atoms with van der Waals surface area (Å²) >= 11 is 0. The average molecular weight is 426 g/mol. The summed E-state index contributed by atoms with van der Waals surface area (Å²) in [5, 5.41) is 9.08. The van der Waals surface area contributed by atoms with Crippen LogP contribution < -0.4 is 14.4 Å². The van der Waals surface area contributed by atoms with Crippen molar-refractivity contribution in [1.29, 1.82) is 0 Å². The van der Waals surface area contributed by atoms with Crippen LogP contribution in [0, 0.1) is 0 Å². The number of para-hydroxylation sites is 1. The summed E-state index contributed by atoms with van der Waals surface area (Å²) in [5.41, 5.74) is 2.49. The molecule has 1 N–H and O–H groups in total. The topological polar surface area (TPSA) is 48.4 Å². The number of hydrogen-bond donors (Lipinski definition) is 1. The molecular formula is C25H35N3O3. The first-order valence-corrected chi connectivity index (χ1v) is 11.4. The van der Waals surface area contributed by atoms with Gasteiger partial charge in [-0.05, 0) is 49.7 Å². The van der Waals surface area contributed by atoms with Crippen molar-refractivity contribution in [3.05, 3.63) is 54.1 Å². The first-order valence-electron chi connectivity index (χ1n) is 11.4. The van der Waals surface area contributed by atoms with Crippen molar-refractivity contribution in [1.82, 2.24) is 9.80 Å². The first-order chi connectivity index (χ1) is 15.3. The molecule has 2 fully saturated rings. The minimum absolute atomic E-state index is 0.0443. The van der Waals surface area contributed by atoms with E-state index in [1.165, 1.54) is 24.1 Å². The van der Waals surface area contributed by atoms with Gasteiger partial charge in [0.2, 0.25) is 0 Å². The van der Waals surface area contributed by atoms with E-state index < -0.39 is 0 Å². The predicted octanol–water partition coefficient (Wildman–Crippen LogP) is 2.85. The van der Waals surface area contributed by atoms with Crippen LogP contribution in [0.3, 0.4) is 0 Å². The molecule has 0 aromatic heterocycles. The van der Waals surface area contributed by atoms with E-state index in [0.29, 0.717) is 12.6 Å². The van der Waals surface area contributed by atoms with Crippen molar-refractivity contribution in [3.8, 4) is 11.5 Å². The van der Waals surface area contributed by atoms with E-state index >= 15 is 0 Å². The highest BCUT2D eigenvalue weighted by Crippen LogP contribution is 2.25. The van der Waals surface area contributed by atoms with Crippen molar-refractivity contribution in [2.24, 2.45) is 0 Å². The van der Waals surface area contributed by atoms with Gasteiger partial charge in [-0.25, -0.2) is 0 Å². The second-order valence-electron chi connectivity index (χ2n) is 8.43. The Labute approximate surface area is 186 Å². The van der Waals surface area contributed by atoms with Crippen molar-refractivity contribution < 1.29 is 14.6 Å². The first kappa shape index (κ1) is 21.9. The number of hydrogen-bond acceptors (Lipinski definition) is 6. The molecule has 2 aromatic rings. The second-order valence-corrected chi connectivity index (χ2v) is 8.43. The summed E-state index contributed by atoms with van der Waals surface area (Å²) in [6, 6.07) is 17.2. The average Bonchev–Trinajstić information content (AvgIpc) is 2.84. The third kappa shape index (κ3) is 5.70. The lowest BCUT2D eigenvalue weighted by Gasteiger charge is -2.44. The summed E-state index contributed by atoms with van der Waals surface area (Å²) in [6.07, 6.45) is 2.52. The molecule has 0 saturated carbocycles. The number of benzene rings is 2. The largest absolute Gasteiger partial charge is 0.497 e.